The summed E-state index contributed by atoms with van der Waals surface area (Å²) < 4.78 is 0. The standard InChI is InChI=1S/C14H16N2O3/c15-13(19)11-4-1-10(2-5-11)3-6-12(18)16-14(9-17)7-8-14/h1-6,17H,7-9H2,(H2,15,19)(H,16,18)/b6-3+. The smallest absolute Gasteiger partial charge is 0.248 e. The molecule has 1 aliphatic carbocycles. The summed E-state index contributed by atoms with van der Waals surface area (Å²) in [6.45, 7) is -0.0279. The van der Waals surface area contributed by atoms with Crippen molar-refractivity contribution in [3.05, 3.63) is 41.5 Å². The zero-order chi connectivity index (χ0) is 13.9. The van der Waals surface area contributed by atoms with Crippen molar-refractivity contribution in [3.63, 3.8) is 0 Å². The maximum atomic E-state index is 11.6. The molecule has 2 rings (SSSR count). The van der Waals surface area contributed by atoms with Gasteiger partial charge in [-0.2, -0.15) is 0 Å². The normalized spacial score (nSPS) is 16.3. The lowest BCUT2D eigenvalue weighted by molar-refractivity contribution is -0.117. The molecule has 5 nitrogen and oxygen atoms in total. The van der Waals surface area contributed by atoms with Gasteiger partial charge < -0.3 is 16.2 Å². The van der Waals surface area contributed by atoms with E-state index >= 15 is 0 Å². The Hall–Kier alpha value is -2.14. The topological polar surface area (TPSA) is 92.4 Å². The minimum absolute atomic E-state index is 0.0279. The second-order valence-corrected chi connectivity index (χ2v) is 4.75. The van der Waals surface area contributed by atoms with Crippen molar-refractivity contribution in [2.45, 2.75) is 18.4 Å². The van der Waals surface area contributed by atoms with Crippen LogP contribution in [0.15, 0.2) is 30.3 Å². The highest BCUT2D eigenvalue weighted by molar-refractivity contribution is 5.94. The van der Waals surface area contributed by atoms with Gasteiger partial charge in [-0.15, -0.1) is 0 Å². The number of aliphatic hydroxyl groups excluding tert-OH is 1. The Morgan fingerprint density at radius 3 is 2.42 bits per heavy atom. The average Bonchev–Trinajstić information content (AvgIpc) is 3.17. The fourth-order valence-electron chi connectivity index (χ4n) is 1.71. The number of primary amides is 1. The summed E-state index contributed by atoms with van der Waals surface area (Å²) in [5, 5.41) is 11.9. The molecule has 0 atom stereocenters. The SMILES string of the molecule is NC(=O)c1ccc(/C=C/C(=O)NC2(CO)CC2)cc1. The molecule has 1 fully saturated rings. The predicted octanol–water partition coefficient (Wildman–Crippen LogP) is 0.440. The van der Waals surface area contributed by atoms with Gasteiger partial charge in [0, 0.05) is 11.6 Å². The van der Waals surface area contributed by atoms with Crippen LogP contribution in [0.4, 0.5) is 0 Å². The zero-order valence-corrected chi connectivity index (χ0v) is 10.4. The van der Waals surface area contributed by atoms with Crippen molar-refractivity contribution in [2.75, 3.05) is 6.61 Å². The van der Waals surface area contributed by atoms with Crippen LogP contribution in [0.1, 0.15) is 28.8 Å². The number of carbonyl (C=O) groups excluding carboxylic acids is 2. The van der Waals surface area contributed by atoms with Crippen molar-refractivity contribution >= 4 is 17.9 Å². The van der Waals surface area contributed by atoms with Crippen LogP contribution in [0.25, 0.3) is 6.08 Å². The van der Waals surface area contributed by atoms with E-state index in [2.05, 4.69) is 5.32 Å². The molecule has 0 bridgehead atoms. The van der Waals surface area contributed by atoms with E-state index in [0.29, 0.717) is 5.56 Å². The van der Waals surface area contributed by atoms with Crippen LogP contribution in [0, 0.1) is 0 Å². The summed E-state index contributed by atoms with van der Waals surface area (Å²) in [7, 11) is 0. The molecule has 5 heteroatoms. The van der Waals surface area contributed by atoms with Crippen LogP contribution in [-0.4, -0.2) is 29.1 Å². The van der Waals surface area contributed by atoms with Crippen molar-refractivity contribution in [2.24, 2.45) is 5.73 Å². The molecule has 0 spiro atoms. The molecule has 0 saturated heterocycles. The van der Waals surface area contributed by atoms with Crippen LogP contribution in [0.3, 0.4) is 0 Å². The fourth-order valence-corrected chi connectivity index (χ4v) is 1.71. The first-order chi connectivity index (χ1) is 9.04. The van der Waals surface area contributed by atoms with Gasteiger partial charge in [-0.05, 0) is 36.6 Å². The largest absolute Gasteiger partial charge is 0.394 e. The summed E-state index contributed by atoms with van der Waals surface area (Å²) in [5.41, 5.74) is 5.96. The van der Waals surface area contributed by atoms with Crippen molar-refractivity contribution in [3.8, 4) is 0 Å². The molecule has 1 aromatic carbocycles. The molecule has 0 heterocycles. The second kappa shape index (κ2) is 5.24. The van der Waals surface area contributed by atoms with E-state index in [1.165, 1.54) is 6.08 Å². The number of nitrogens with one attached hydrogen (secondary N) is 1. The molecule has 4 N–H and O–H groups in total. The number of amides is 2. The first-order valence-electron chi connectivity index (χ1n) is 6.06. The van der Waals surface area contributed by atoms with Gasteiger partial charge in [-0.25, -0.2) is 0 Å². The second-order valence-electron chi connectivity index (χ2n) is 4.75. The molecular weight excluding hydrogens is 244 g/mol. The van der Waals surface area contributed by atoms with Gasteiger partial charge in [0.25, 0.3) is 0 Å². The Morgan fingerprint density at radius 1 is 1.32 bits per heavy atom. The van der Waals surface area contributed by atoms with E-state index in [9.17, 15) is 9.59 Å². The van der Waals surface area contributed by atoms with Crippen LogP contribution < -0.4 is 11.1 Å². The Bertz CT molecular complexity index is 516. The minimum Gasteiger partial charge on any atom is -0.394 e. The number of aliphatic hydroxyl groups is 1. The number of hydrogen-bond acceptors (Lipinski definition) is 3. The van der Waals surface area contributed by atoms with Crippen LogP contribution in [0.2, 0.25) is 0 Å². The third-order valence-electron chi connectivity index (χ3n) is 3.17. The lowest BCUT2D eigenvalue weighted by atomic mass is 10.1. The number of nitrogens with two attached hydrogens (primary N) is 1. The Balaban J connectivity index is 1.94. The lowest BCUT2D eigenvalue weighted by Gasteiger charge is -2.11. The maximum Gasteiger partial charge on any atom is 0.248 e. The molecule has 19 heavy (non-hydrogen) atoms. The highest BCUT2D eigenvalue weighted by Crippen LogP contribution is 2.34. The van der Waals surface area contributed by atoms with Gasteiger partial charge in [0.05, 0.1) is 12.1 Å². The summed E-state index contributed by atoms with van der Waals surface area (Å²) in [4.78, 5) is 22.5. The molecule has 100 valence electrons. The van der Waals surface area contributed by atoms with Gasteiger partial charge in [-0.1, -0.05) is 12.1 Å². The van der Waals surface area contributed by atoms with Gasteiger partial charge in [-0.3, -0.25) is 9.59 Å². The maximum absolute atomic E-state index is 11.6. The van der Waals surface area contributed by atoms with Gasteiger partial charge >= 0.3 is 0 Å². The third kappa shape index (κ3) is 3.42. The monoisotopic (exact) mass is 260 g/mol. The fraction of sp³-hybridized carbons (Fsp3) is 0.286. The number of benzene rings is 1. The lowest BCUT2D eigenvalue weighted by Crippen LogP contribution is -2.38. The summed E-state index contributed by atoms with van der Waals surface area (Å²) >= 11 is 0. The molecule has 0 aromatic heterocycles. The molecule has 0 radical (unpaired) electrons. The summed E-state index contributed by atoms with van der Waals surface area (Å²) in [5.74, 6) is -0.711. The Morgan fingerprint density at radius 2 is 1.95 bits per heavy atom. The van der Waals surface area contributed by atoms with Crippen molar-refractivity contribution in [1.29, 1.82) is 0 Å². The number of carbonyl (C=O) groups is 2. The molecule has 1 saturated carbocycles. The molecule has 2 amide bonds. The molecule has 1 aromatic rings. The van der Waals surface area contributed by atoms with Gasteiger partial charge in [0.1, 0.15) is 0 Å². The van der Waals surface area contributed by atoms with E-state index in [4.69, 9.17) is 10.8 Å². The van der Waals surface area contributed by atoms with E-state index in [1.54, 1.807) is 30.3 Å². The number of hydrogen-bond donors (Lipinski definition) is 3. The third-order valence-corrected chi connectivity index (χ3v) is 3.17. The molecule has 1 aliphatic rings. The van der Waals surface area contributed by atoms with Gasteiger partial charge in [0.15, 0.2) is 0 Å². The number of rotatable bonds is 5. The van der Waals surface area contributed by atoms with Crippen LogP contribution in [-0.2, 0) is 4.79 Å². The molecule has 0 unspecified atom stereocenters. The first-order valence-corrected chi connectivity index (χ1v) is 6.06. The first kappa shape index (κ1) is 13.3. The molecular formula is C14H16N2O3. The zero-order valence-electron chi connectivity index (χ0n) is 10.4. The predicted molar refractivity (Wildman–Crippen MR) is 71.2 cm³/mol. The van der Waals surface area contributed by atoms with E-state index in [0.717, 1.165) is 18.4 Å². The minimum atomic E-state index is -0.480. The van der Waals surface area contributed by atoms with Gasteiger partial charge in [0.2, 0.25) is 11.8 Å². The van der Waals surface area contributed by atoms with Crippen molar-refractivity contribution < 1.29 is 14.7 Å². The Kier molecular flexibility index (Phi) is 3.66. The Labute approximate surface area is 111 Å². The van der Waals surface area contributed by atoms with E-state index in [1.807, 2.05) is 0 Å². The van der Waals surface area contributed by atoms with Crippen LogP contribution >= 0.6 is 0 Å². The summed E-state index contributed by atoms with van der Waals surface area (Å²) in [6, 6.07) is 6.64. The highest BCUT2D eigenvalue weighted by atomic mass is 16.3. The average molecular weight is 260 g/mol. The van der Waals surface area contributed by atoms with E-state index in [-0.39, 0.29) is 12.5 Å². The van der Waals surface area contributed by atoms with E-state index < -0.39 is 11.4 Å². The summed E-state index contributed by atoms with van der Waals surface area (Å²) in [6.07, 6.45) is 4.69. The van der Waals surface area contributed by atoms with Crippen LogP contribution in [0.5, 0.6) is 0 Å². The highest BCUT2D eigenvalue weighted by Gasteiger charge is 2.42. The van der Waals surface area contributed by atoms with Crippen molar-refractivity contribution in [1.82, 2.24) is 5.32 Å². The molecule has 0 aliphatic heterocycles. The quantitative estimate of drug-likeness (QED) is 0.671.